The number of halogens is 1. The van der Waals surface area contributed by atoms with E-state index in [0.717, 1.165) is 41.8 Å². The highest BCUT2D eigenvalue weighted by Gasteiger charge is 2.28. The van der Waals surface area contributed by atoms with Gasteiger partial charge in [-0.3, -0.25) is 9.69 Å². The Kier molecular flexibility index (Phi) is 6.00. The van der Waals surface area contributed by atoms with Crippen LogP contribution in [0.4, 0.5) is 0 Å². The van der Waals surface area contributed by atoms with Crippen LogP contribution in [-0.2, 0) is 6.54 Å². The first-order valence-corrected chi connectivity index (χ1v) is 10.6. The summed E-state index contributed by atoms with van der Waals surface area (Å²) >= 11 is 6.35. The van der Waals surface area contributed by atoms with Crippen LogP contribution in [0.1, 0.15) is 47.3 Å². The molecule has 0 aromatic heterocycles. The SMILES string of the molecule is CCN(Cc1ccc(C(=O)N2CCNC(c3ccccc3Cl)C2)cc1)C1CC1. The molecule has 4 rings (SSSR count). The summed E-state index contributed by atoms with van der Waals surface area (Å²) in [5, 5.41) is 4.23. The highest BCUT2D eigenvalue weighted by Crippen LogP contribution is 2.28. The molecule has 1 amide bonds. The molecule has 2 aliphatic rings. The summed E-state index contributed by atoms with van der Waals surface area (Å²) in [6.45, 7) is 6.39. The van der Waals surface area contributed by atoms with Crippen LogP contribution in [0.2, 0.25) is 5.02 Å². The number of carbonyl (C=O) groups is 1. The lowest BCUT2D eigenvalue weighted by Crippen LogP contribution is -2.48. The smallest absolute Gasteiger partial charge is 0.253 e. The third-order valence-electron chi connectivity index (χ3n) is 5.80. The number of rotatable bonds is 6. The van der Waals surface area contributed by atoms with Crippen LogP contribution in [0.15, 0.2) is 48.5 Å². The first kappa shape index (κ1) is 19.4. The fraction of sp³-hybridized carbons (Fsp3) is 0.435. The van der Waals surface area contributed by atoms with Gasteiger partial charge in [-0.05, 0) is 48.7 Å². The third-order valence-corrected chi connectivity index (χ3v) is 6.14. The van der Waals surface area contributed by atoms with Crippen molar-refractivity contribution in [3.8, 4) is 0 Å². The molecule has 1 N–H and O–H groups in total. The average molecular weight is 398 g/mol. The number of nitrogens with one attached hydrogen (secondary N) is 1. The van der Waals surface area contributed by atoms with Crippen molar-refractivity contribution in [1.29, 1.82) is 0 Å². The largest absolute Gasteiger partial charge is 0.335 e. The number of carbonyl (C=O) groups excluding carboxylic acids is 1. The number of nitrogens with zero attached hydrogens (tertiary/aromatic N) is 2. The topological polar surface area (TPSA) is 35.6 Å². The second-order valence-corrected chi connectivity index (χ2v) is 8.18. The number of hydrogen-bond acceptors (Lipinski definition) is 3. The molecule has 4 nitrogen and oxygen atoms in total. The van der Waals surface area contributed by atoms with Crippen LogP contribution in [0.3, 0.4) is 0 Å². The zero-order chi connectivity index (χ0) is 19.5. The standard InChI is InChI=1S/C23H28ClN3O/c1-2-26(19-11-12-19)15-17-7-9-18(10-8-17)23(28)27-14-13-25-22(16-27)20-5-3-4-6-21(20)24/h3-10,19,22,25H,2,11-16H2,1H3. The Bertz CT molecular complexity index is 819. The lowest BCUT2D eigenvalue weighted by molar-refractivity contribution is 0.0703. The van der Waals surface area contributed by atoms with Gasteiger partial charge in [0.25, 0.3) is 5.91 Å². The molecule has 1 aliphatic heterocycles. The maximum absolute atomic E-state index is 13.0. The molecule has 1 saturated carbocycles. The van der Waals surface area contributed by atoms with Gasteiger partial charge in [-0.2, -0.15) is 0 Å². The van der Waals surface area contributed by atoms with Crippen molar-refractivity contribution in [3.63, 3.8) is 0 Å². The van der Waals surface area contributed by atoms with Crippen LogP contribution in [0.25, 0.3) is 0 Å². The molecule has 1 aliphatic carbocycles. The number of benzene rings is 2. The number of piperazine rings is 1. The Morgan fingerprint density at radius 3 is 2.61 bits per heavy atom. The lowest BCUT2D eigenvalue weighted by Gasteiger charge is -2.34. The van der Waals surface area contributed by atoms with E-state index < -0.39 is 0 Å². The molecule has 0 spiro atoms. The van der Waals surface area contributed by atoms with Crippen molar-refractivity contribution in [2.75, 3.05) is 26.2 Å². The van der Waals surface area contributed by atoms with E-state index in [0.29, 0.717) is 13.1 Å². The molecule has 2 aromatic carbocycles. The number of amides is 1. The normalized spacial score (nSPS) is 19.8. The summed E-state index contributed by atoms with van der Waals surface area (Å²) in [5.41, 5.74) is 3.09. The summed E-state index contributed by atoms with van der Waals surface area (Å²) in [7, 11) is 0. The van der Waals surface area contributed by atoms with Crippen molar-refractivity contribution in [2.45, 2.75) is 38.4 Å². The zero-order valence-electron chi connectivity index (χ0n) is 16.4. The maximum Gasteiger partial charge on any atom is 0.253 e. The molecule has 2 fully saturated rings. The Labute approximate surface area is 172 Å². The molecule has 0 radical (unpaired) electrons. The monoisotopic (exact) mass is 397 g/mol. The molecule has 1 saturated heterocycles. The van der Waals surface area contributed by atoms with Gasteiger partial charge < -0.3 is 10.2 Å². The number of hydrogen-bond donors (Lipinski definition) is 1. The van der Waals surface area contributed by atoms with Gasteiger partial charge in [0, 0.05) is 42.8 Å². The van der Waals surface area contributed by atoms with Crippen LogP contribution < -0.4 is 5.32 Å². The molecule has 1 heterocycles. The van der Waals surface area contributed by atoms with E-state index in [9.17, 15) is 4.79 Å². The molecule has 5 heteroatoms. The zero-order valence-corrected chi connectivity index (χ0v) is 17.2. The first-order chi connectivity index (χ1) is 13.7. The average Bonchev–Trinajstić information content (AvgIpc) is 3.58. The van der Waals surface area contributed by atoms with Crippen LogP contribution in [-0.4, -0.2) is 47.9 Å². The van der Waals surface area contributed by atoms with Crippen LogP contribution in [0, 0.1) is 0 Å². The molecule has 0 bridgehead atoms. The van der Waals surface area contributed by atoms with Gasteiger partial charge in [0.15, 0.2) is 0 Å². The Balaban J connectivity index is 1.41. The van der Waals surface area contributed by atoms with Gasteiger partial charge in [-0.1, -0.05) is 48.9 Å². The summed E-state index contributed by atoms with van der Waals surface area (Å²) in [6, 6.07) is 16.8. The molecule has 28 heavy (non-hydrogen) atoms. The van der Waals surface area contributed by atoms with Crippen molar-refractivity contribution in [1.82, 2.24) is 15.1 Å². The second-order valence-electron chi connectivity index (χ2n) is 7.77. The highest BCUT2D eigenvalue weighted by molar-refractivity contribution is 6.31. The van der Waals surface area contributed by atoms with Crippen LogP contribution in [0.5, 0.6) is 0 Å². The van der Waals surface area contributed by atoms with Crippen molar-refractivity contribution < 1.29 is 4.79 Å². The van der Waals surface area contributed by atoms with Gasteiger partial charge in [0.05, 0.1) is 6.04 Å². The molecular formula is C23H28ClN3O. The van der Waals surface area contributed by atoms with E-state index in [1.54, 1.807) is 0 Å². The molecular weight excluding hydrogens is 370 g/mol. The van der Waals surface area contributed by atoms with E-state index in [-0.39, 0.29) is 11.9 Å². The van der Waals surface area contributed by atoms with E-state index in [1.165, 1.54) is 18.4 Å². The quantitative estimate of drug-likeness (QED) is 0.796. The van der Waals surface area contributed by atoms with Crippen LogP contribution >= 0.6 is 11.6 Å². The molecule has 148 valence electrons. The minimum Gasteiger partial charge on any atom is -0.335 e. The first-order valence-electron chi connectivity index (χ1n) is 10.3. The van der Waals surface area contributed by atoms with Gasteiger partial charge >= 0.3 is 0 Å². The van der Waals surface area contributed by atoms with E-state index in [2.05, 4.69) is 29.3 Å². The van der Waals surface area contributed by atoms with Crippen molar-refractivity contribution in [2.24, 2.45) is 0 Å². The van der Waals surface area contributed by atoms with E-state index >= 15 is 0 Å². The summed E-state index contributed by atoms with van der Waals surface area (Å²) in [6.07, 6.45) is 2.64. The van der Waals surface area contributed by atoms with Crippen molar-refractivity contribution in [3.05, 3.63) is 70.2 Å². The van der Waals surface area contributed by atoms with E-state index in [1.807, 2.05) is 41.3 Å². The second kappa shape index (κ2) is 8.64. The molecule has 1 unspecified atom stereocenters. The lowest BCUT2D eigenvalue weighted by atomic mass is 10.0. The Hall–Kier alpha value is -1.88. The summed E-state index contributed by atoms with van der Waals surface area (Å²) in [4.78, 5) is 17.5. The summed E-state index contributed by atoms with van der Waals surface area (Å²) in [5.74, 6) is 0.0969. The molecule has 1 atom stereocenters. The van der Waals surface area contributed by atoms with Gasteiger partial charge in [-0.25, -0.2) is 0 Å². The van der Waals surface area contributed by atoms with E-state index in [4.69, 9.17) is 11.6 Å². The Morgan fingerprint density at radius 2 is 1.93 bits per heavy atom. The fourth-order valence-corrected chi connectivity index (χ4v) is 4.28. The van der Waals surface area contributed by atoms with Gasteiger partial charge in [0.2, 0.25) is 0 Å². The van der Waals surface area contributed by atoms with Gasteiger partial charge in [-0.15, -0.1) is 0 Å². The highest BCUT2D eigenvalue weighted by atomic mass is 35.5. The Morgan fingerprint density at radius 1 is 1.18 bits per heavy atom. The molecule has 2 aromatic rings. The minimum absolute atomic E-state index is 0.0716. The predicted molar refractivity (Wildman–Crippen MR) is 114 cm³/mol. The maximum atomic E-state index is 13.0. The van der Waals surface area contributed by atoms with Gasteiger partial charge in [0.1, 0.15) is 0 Å². The minimum atomic E-state index is 0.0716. The third kappa shape index (κ3) is 4.40. The summed E-state index contributed by atoms with van der Waals surface area (Å²) < 4.78 is 0. The van der Waals surface area contributed by atoms with Crippen molar-refractivity contribution >= 4 is 17.5 Å². The fourth-order valence-electron chi connectivity index (χ4n) is 4.01. The predicted octanol–water partition coefficient (Wildman–Crippen LogP) is 4.11.